The topological polar surface area (TPSA) is 87.7 Å². The molecule has 2 atom stereocenters. The first-order valence-corrected chi connectivity index (χ1v) is 12.6. The van der Waals surface area contributed by atoms with E-state index in [0.29, 0.717) is 12.1 Å². The van der Waals surface area contributed by atoms with E-state index >= 15 is 0 Å². The maximum atomic E-state index is 13.9. The molecule has 0 saturated carbocycles. The fraction of sp³-hybridized carbons (Fsp3) is 0.433. The summed E-state index contributed by atoms with van der Waals surface area (Å²) < 4.78 is 5.40. The summed E-state index contributed by atoms with van der Waals surface area (Å²) in [6.07, 6.45) is 7.01. The number of amides is 3. The molecule has 0 aliphatic carbocycles. The second-order valence-electron chi connectivity index (χ2n) is 10.1. The molecule has 0 aliphatic heterocycles. The van der Waals surface area contributed by atoms with E-state index in [1.807, 2.05) is 63.2 Å². The summed E-state index contributed by atoms with van der Waals surface area (Å²) >= 11 is 0. The number of carbonyl (C=O) groups is 3. The number of alkyl carbamates (subject to hydrolysis) is 1. The second kappa shape index (κ2) is 13.5. The number of nitrogens with zero attached hydrogens (tertiary/aromatic N) is 1. The van der Waals surface area contributed by atoms with Crippen molar-refractivity contribution in [1.29, 1.82) is 0 Å². The lowest BCUT2D eigenvalue weighted by molar-refractivity contribution is -0.138. The van der Waals surface area contributed by atoms with Crippen molar-refractivity contribution in [3.8, 4) is 12.5 Å². The third-order valence-corrected chi connectivity index (χ3v) is 5.83. The maximum Gasteiger partial charge on any atom is 0.408 e. The van der Waals surface area contributed by atoms with Gasteiger partial charge in [-0.1, -0.05) is 68.3 Å². The summed E-state index contributed by atoms with van der Waals surface area (Å²) in [5, 5.41) is 5.58. The van der Waals surface area contributed by atoms with Gasteiger partial charge in [-0.15, -0.1) is 0 Å². The van der Waals surface area contributed by atoms with Crippen molar-refractivity contribution >= 4 is 17.9 Å². The molecule has 2 unspecified atom stereocenters. The van der Waals surface area contributed by atoms with Crippen molar-refractivity contribution in [3.05, 3.63) is 70.8 Å². The van der Waals surface area contributed by atoms with Crippen molar-refractivity contribution in [2.45, 2.75) is 78.5 Å². The van der Waals surface area contributed by atoms with Crippen LogP contribution in [0.25, 0.3) is 0 Å². The SMILES string of the molecule is C#CN(C(=O)C(Cc1ccccc1)NC(=O)OC(C)(C)C)C(C(=O)NCCCC)c1ccc(C)c(C)c1. The van der Waals surface area contributed by atoms with Gasteiger partial charge in [0.2, 0.25) is 5.91 Å². The van der Waals surface area contributed by atoms with Gasteiger partial charge in [-0.2, -0.15) is 0 Å². The Balaban J connectivity index is 2.47. The minimum Gasteiger partial charge on any atom is -0.444 e. The van der Waals surface area contributed by atoms with Gasteiger partial charge >= 0.3 is 6.09 Å². The molecule has 7 nitrogen and oxygen atoms in total. The monoisotopic (exact) mass is 505 g/mol. The number of aryl methyl sites for hydroxylation is 2. The van der Waals surface area contributed by atoms with Gasteiger partial charge in [-0.25, -0.2) is 4.79 Å². The molecule has 3 amide bonds. The second-order valence-corrected chi connectivity index (χ2v) is 10.1. The van der Waals surface area contributed by atoms with Gasteiger partial charge in [0, 0.05) is 19.0 Å². The standard InChI is InChI=1S/C30H39N3O4/c1-8-10-18-31-27(34)26(24-17-16-21(3)22(4)19-24)33(9-2)28(35)25(20-23-14-12-11-13-15-23)32-29(36)37-30(5,6)7/h2,11-17,19,25-26H,8,10,18,20H2,1,3-7H3,(H,31,34)(H,32,36). The molecule has 2 aromatic rings. The number of unbranched alkanes of at least 4 members (excludes halogenated alkanes) is 1. The quantitative estimate of drug-likeness (QED) is 0.275. The van der Waals surface area contributed by atoms with Crippen LogP contribution in [-0.4, -0.2) is 41.0 Å². The molecule has 0 radical (unpaired) electrons. The number of nitrogens with one attached hydrogen (secondary N) is 2. The van der Waals surface area contributed by atoms with E-state index in [1.165, 1.54) is 0 Å². The summed E-state index contributed by atoms with van der Waals surface area (Å²) in [6, 6.07) is 15.2. The molecule has 0 fully saturated rings. The normalized spacial score (nSPS) is 12.6. The molecule has 7 heteroatoms. The molecular weight excluding hydrogens is 466 g/mol. The number of hydrogen-bond acceptors (Lipinski definition) is 4. The lowest BCUT2D eigenvalue weighted by Gasteiger charge is -2.30. The van der Waals surface area contributed by atoms with Gasteiger partial charge in [0.15, 0.2) is 0 Å². The highest BCUT2D eigenvalue weighted by Crippen LogP contribution is 2.25. The predicted octanol–water partition coefficient (Wildman–Crippen LogP) is 4.82. The Hall–Kier alpha value is -3.79. The minimum atomic E-state index is -1.06. The third kappa shape index (κ3) is 8.98. The summed E-state index contributed by atoms with van der Waals surface area (Å²) in [7, 11) is 0. The molecule has 2 rings (SSSR count). The number of carbonyl (C=O) groups excluding carboxylic acids is 3. The molecule has 0 bridgehead atoms. The molecule has 2 N–H and O–H groups in total. The number of hydrogen-bond donors (Lipinski definition) is 2. The molecule has 198 valence electrons. The Labute approximate surface area is 221 Å². The van der Waals surface area contributed by atoms with E-state index in [0.717, 1.165) is 34.4 Å². The van der Waals surface area contributed by atoms with Gasteiger partial charge in [0.05, 0.1) is 0 Å². The van der Waals surface area contributed by atoms with Crippen molar-refractivity contribution in [2.24, 2.45) is 0 Å². The lowest BCUT2D eigenvalue weighted by atomic mass is 9.98. The van der Waals surface area contributed by atoms with Crippen LogP contribution in [0.4, 0.5) is 4.79 Å². The Morgan fingerprint density at radius 3 is 2.30 bits per heavy atom. The number of terminal acetylenes is 1. The average molecular weight is 506 g/mol. The third-order valence-electron chi connectivity index (χ3n) is 5.83. The minimum absolute atomic E-state index is 0.175. The zero-order chi connectivity index (χ0) is 27.6. The first kappa shape index (κ1) is 29.4. The van der Waals surface area contributed by atoms with Crippen LogP contribution in [0.1, 0.15) is 68.8 Å². The molecule has 0 saturated heterocycles. The van der Waals surface area contributed by atoms with Crippen LogP contribution in [0.15, 0.2) is 48.5 Å². The molecule has 0 heterocycles. The first-order chi connectivity index (χ1) is 17.5. The Kier molecular flexibility index (Phi) is 10.7. The summed E-state index contributed by atoms with van der Waals surface area (Å²) in [6.45, 7) is 11.6. The van der Waals surface area contributed by atoms with E-state index in [1.54, 1.807) is 26.8 Å². The summed E-state index contributed by atoms with van der Waals surface area (Å²) in [4.78, 5) is 41.1. The fourth-order valence-corrected chi connectivity index (χ4v) is 3.77. The Morgan fingerprint density at radius 1 is 1.05 bits per heavy atom. The van der Waals surface area contributed by atoms with E-state index in [9.17, 15) is 14.4 Å². The van der Waals surface area contributed by atoms with Crippen molar-refractivity contribution in [2.75, 3.05) is 6.54 Å². The van der Waals surface area contributed by atoms with E-state index in [2.05, 4.69) is 16.7 Å². The van der Waals surface area contributed by atoms with E-state index in [4.69, 9.17) is 11.2 Å². The zero-order valence-electron chi connectivity index (χ0n) is 22.8. The summed E-state index contributed by atoms with van der Waals surface area (Å²) in [5.74, 6) is -0.954. The van der Waals surface area contributed by atoms with Crippen LogP contribution in [-0.2, 0) is 20.7 Å². The van der Waals surface area contributed by atoms with E-state index in [-0.39, 0.29) is 12.3 Å². The van der Waals surface area contributed by atoms with Gasteiger partial charge in [0.1, 0.15) is 17.7 Å². The van der Waals surface area contributed by atoms with Crippen LogP contribution in [0.5, 0.6) is 0 Å². The van der Waals surface area contributed by atoms with Crippen LogP contribution in [0.2, 0.25) is 0 Å². The Morgan fingerprint density at radius 2 is 1.73 bits per heavy atom. The molecule has 0 aromatic heterocycles. The largest absolute Gasteiger partial charge is 0.444 e. The average Bonchev–Trinajstić information content (AvgIpc) is 2.83. The van der Waals surface area contributed by atoms with Gasteiger partial charge < -0.3 is 15.4 Å². The smallest absolute Gasteiger partial charge is 0.408 e. The summed E-state index contributed by atoms with van der Waals surface area (Å²) in [5.41, 5.74) is 2.70. The zero-order valence-corrected chi connectivity index (χ0v) is 22.8. The van der Waals surface area contributed by atoms with Gasteiger partial charge in [-0.3, -0.25) is 14.5 Å². The maximum absolute atomic E-state index is 13.9. The Bertz CT molecular complexity index is 1120. The number of rotatable bonds is 10. The van der Waals surface area contributed by atoms with Crippen LogP contribution in [0, 0.1) is 26.3 Å². The van der Waals surface area contributed by atoms with Crippen molar-refractivity contribution in [1.82, 2.24) is 15.5 Å². The number of benzene rings is 2. The van der Waals surface area contributed by atoms with E-state index < -0.39 is 29.7 Å². The van der Waals surface area contributed by atoms with Gasteiger partial charge in [-0.05, 0) is 63.3 Å². The van der Waals surface area contributed by atoms with Crippen LogP contribution in [0.3, 0.4) is 0 Å². The molecular formula is C30H39N3O4. The molecule has 0 spiro atoms. The highest BCUT2D eigenvalue weighted by atomic mass is 16.6. The predicted molar refractivity (Wildman–Crippen MR) is 146 cm³/mol. The highest BCUT2D eigenvalue weighted by molar-refractivity contribution is 5.93. The highest BCUT2D eigenvalue weighted by Gasteiger charge is 2.36. The molecule has 37 heavy (non-hydrogen) atoms. The van der Waals surface area contributed by atoms with Crippen molar-refractivity contribution in [3.63, 3.8) is 0 Å². The van der Waals surface area contributed by atoms with Gasteiger partial charge in [0.25, 0.3) is 5.91 Å². The number of ether oxygens (including phenoxy) is 1. The van der Waals surface area contributed by atoms with Crippen molar-refractivity contribution < 1.29 is 19.1 Å². The van der Waals surface area contributed by atoms with Crippen LogP contribution < -0.4 is 10.6 Å². The fourth-order valence-electron chi connectivity index (χ4n) is 3.77. The first-order valence-electron chi connectivity index (χ1n) is 12.6. The lowest BCUT2D eigenvalue weighted by Crippen LogP contribution is -2.52. The molecule has 2 aromatic carbocycles. The molecule has 0 aliphatic rings. The van der Waals surface area contributed by atoms with Crippen LogP contribution >= 0.6 is 0 Å².